The Labute approximate surface area is 156 Å². The summed E-state index contributed by atoms with van der Waals surface area (Å²) in [5.74, 6) is 1.15. The second kappa shape index (κ2) is 9.59. The van der Waals surface area contributed by atoms with Crippen LogP contribution in [0.4, 0.5) is 0 Å². The van der Waals surface area contributed by atoms with Gasteiger partial charge in [0.1, 0.15) is 11.5 Å². The summed E-state index contributed by atoms with van der Waals surface area (Å²) in [7, 11) is -3.49. The topological polar surface area (TPSA) is 61.8 Å². The van der Waals surface area contributed by atoms with E-state index in [0.29, 0.717) is 19.0 Å². The van der Waals surface area contributed by atoms with Gasteiger partial charge in [-0.1, -0.05) is 24.3 Å². The molecule has 0 saturated carbocycles. The van der Waals surface area contributed by atoms with Crippen molar-refractivity contribution < 1.29 is 22.1 Å². The van der Waals surface area contributed by atoms with Crippen LogP contribution < -0.4 is 8.92 Å². The van der Waals surface area contributed by atoms with Crippen LogP contribution in [0.5, 0.6) is 11.5 Å². The van der Waals surface area contributed by atoms with Gasteiger partial charge in [-0.2, -0.15) is 8.42 Å². The van der Waals surface area contributed by atoms with Crippen LogP contribution in [0.15, 0.2) is 48.5 Å². The predicted molar refractivity (Wildman–Crippen MR) is 102 cm³/mol. The van der Waals surface area contributed by atoms with Crippen molar-refractivity contribution in [3.8, 4) is 11.5 Å². The lowest BCUT2D eigenvalue weighted by Gasteiger charge is -2.13. The molecule has 1 unspecified atom stereocenters. The molecule has 0 aliphatic rings. The predicted octanol–water partition coefficient (Wildman–Crippen LogP) is 3.61. The van der Waals surface area contributed by atoms with E-state index in [9.17, 15) is 8.42 Å². The van der Waals surface area contributed by atoms with Gasteiger partial charge in [0, 0.05) is 13.0 Å². The fraction of sp³-hybridized carbons (Fsp3) is 0.400. The van der Waals surface area contributed by atoms with Gasteiger partial charge in [0.25, 0.3) is 0 Å². The van der Waals surface area contributed by atoms with Gasteiger partial charge < -0.3 is 13.7 Å². The lowest BCUT2D eigenvalue weighted by atomic mass is 10.1. The molecule has 5 nitrogen and oxygen atoms in total. The monoisotopic (exact) mass is 378 g/mol. The van der Waals surface area contributed by atoms with Crippen LogP contribution in [0.3, 0.4) is 0 Å². The molecule has 0 amide bonds. The van der Waals surface area contributed by atoms with Gasteiger partial charge in [0.15, 0.2) is 0 Å². The van der Waals surface area contributed by atoms with Gasteiger partial charge in [-0.15, -0.1) is 0 Å². The summed E-state index contributed by atoms with van der Waals surface area (Å²) >= 11 is 0. The molecule has 0 aliphatic carbocycles. The average molecular weight is 378 g/mol. The Morgan fingerprint density at radius 2 is 1.73 bits per heavy atom. The first-order chi connectivity index (χ1) is 12.4. The zero-order valence-corrected chi connectivity index (χ0v) is 16.3. The van der Waals surface area contributed by atoms with Crippen molar-refractivity contribution in [2.75, 3.05) is 19.5 Å². The first-order valence-corrected chi connectivity index (χ1v) is 10.5. The van der Waals surface area contributed by atoms with Gasteiger partial charge in [-0.25, -0.2) is 0 Å². The highest BCUT2D eigenvalue weighted by molar-refractivity contribution is 7.86. The highest BCUT2D eigenvalue weighted by Gasteiger charge is 2.06. The SMILES string of the molecule is CCOC(C)Cc1cccc(OCCc2ccc(OS(C)(=O)=O)cc2)c1. The number of ether oxygens (including phenoxy) is 2. The number of benzene rings is 2. The van der Waals surface area contributed by atoms with E-state index in [4.69, 9.17) is 13.7 Å². The Kier molecular flexibility index (Phi) is 7.48. The van der Waals surface area contributed by atoms with Crippen molar-refractivity contribution in [3.05, 3.63) is 59.7 Å². The molecule has 2 rings (SSSR count). The zero-order valence-electron chi connectivity index (χ0n) is 15.5. The molecule has 0 spiro atoms. The molecule has 2 aromatic carbocycles. The second-order valence-corrected chi connectivity index (χ2v) is 7.72. The third-order valence-electron chi connectivity index (χ3n) is 3.70. The number of hydrogen-bond donors (Lipinski definition) is 0. The molecule has 0 aliphatic heterocycles. The molecule has 26 heavy (non-hydrogen) atoms. The lowest BCUT2D eigenvalue weighted by Crippen LogP contribution is -2.11. The summed E-state index contributed by atoms with van der Waals surface area (Å²) in [6.45, 7) is 5.31. The molecular formula is C20H26O5S. The van der Waals surface area contributed by atoms with E-state index in [1.165, 1.54) is 5.56 Å². The van der Waals surface area contributed by atoms with E-state index in [1.807, 2.05) is 37.3 Å². The number of hydrogen-bond acceptors (Lipinski definition) is 5. The van der Waals surface area contributed by atoms with Crippen molar-refractivity contribution in [1.82, 2.24) is 0 Å². The Morgan fingerprint density at radius 1 is 1.00 bits per heavy atom. The van der Waals surface area contributed by atoms with Crippen molar-refractivity contribution in [2.24, 2.45) is 0 Å². The third-order valence-corrected chi connectivity index (χ3v) is 4.20. The molecular weight excluding hydrogens is 352 g/mol. The molecule has 6 heteroatoms. The van der Waals surface area contributed by atoms with E-state index in [0.717, 1.165) is 30.4 Å². The standard InChI is InChI=1S/C20H26O5S/c1-4-23-16(2)14-18-6-5-7-20(15-18)24-13-12-17-8-10-19(11-9-17)25-26(3,21)22/h5-11,15-16H,4,12-14H2,1-3H3. The zero-order chi connectivity index (χ0) is 19.0. The summed E-state index contributed by atoms with van der Waals surface area (Å²) in [6.07, 6.45) is 2.78. The smallest absolute Gasteiger partial charge is 0.306 e. The van der Waals surface area contributed by atoms with Crippen LogP contribution >= 0.6 is 0 Å². The van der Waals surface area contributed by atoms with E-state index < -0.39 is 10.1 Å². The highest BCUT2D eigenvalue weighted by Crippen LogP contribution is 2.17. The molecule has 0 heterocycles. The average Bonchev–Trinajstić information content (AvgIpc) is 2.56. The molecule has 1 atom stereocenters. The summed E-state index contributed by atoms with van der Waals surface area (Å²) < 4.78 is 38.4. The normalized spacial score (nSPS) is 12.6. The Hall–Kier alpha value is -2.05. The van der Waals surface area contributed by atoms with Crippen LogP contribution in [0.25, 0.3) is 0 Å². The maximum atomic E-state index is 11.1. The number of rotatable bonds is 10. The minimum atomic E-state index is -3.49. The third kappa shape index (κ3) is 7.45. The van der Waals surface area contributed by atoms with Crippen LogP contribution in [-0.2, 0) is 27.7 Å². The largest absolute Gasteiger partial charge is 0.493 e. The molecule has 0 aromatic heterocycles. The van der Waals surface area contributed by atoms with Crippen molar-refractivity contribution in [2.45, 2.75) is 32.8 Å². The minimum absolute atomic E-state index is 0.183. The van der Waals surface area contributed by atoms with Gasteiger partial charge in [0.05, 0.1) is 19.0 Å². The summed E-state index contributed by atoms with van der Waals surface area (Å²) in [4.78, 5) is 0. The van der Waals surface area contributed by atoms with Crippen LogP contribution in [0, 0.1) is 0 Å². The summed E-state index contributed by atoms with van der Waals surface area (Å²) in [6, 6.07) is 15.0. The molecule has 2 aromatic rings. The molecule has 142 valence electrons. The van der Waals surface area contributed by atoms with Crippen molar-refractivity contribution in [3.63, 3.8) is 0 Å². The maximum absolute atomic E-state index is 11.1. The Morgan fingerprint density at radius 3 is 2.38 bits per heavy atom. The van der Waals surface area contributed by atoms with Gasteiger partial charge in [-0.3, -0.25) is 0 Å². The van der Waals surface area contributed by atoms with Crippen LogP contribution in [0.2, 0.25) is 0 Å². The van der Waals surface area contributed by atoms with Gasteiger partial charge >= 0.3 is 10.1 Å². The molecule has 0 N–H and O–H groups in total. The van der Waals surface area contributed by atoms with Crippen LogP contribution in [-0.4, -0.2) is 34.0 Å². The van der Waals surface area contributed by atoms with E-state index in [2.05, 4.69) is 13.0 Å². The maximum Gasteiger partial charge on any atom is 0.306 e. The van der Waals surface area contributed by atoms with E-state index in [1.54, 1.807) is 12.1 Å². The molecule has 0 bridgehead atoms. The minimum Gasteiger partial charge on any atom is -0.493 e. The summed E-state index contributed by atoms with van der Waals surface area (Å²) in [5.41, 5.74) is 2.23. The van der Waals surface area contributed by atoms with E-state index >= 15 is 0 Å². The van der Waals surface area contributed by atoms with Gasteiger partial charge in [-0.05, 0) is 55.7 Å². The fourth-order valence-electron chi connectivity index (χ4n) is 2.61. The Balaban J connectivity index is 1.84. The summed E-state index contributed by atoms with van der Waals surface area (Å²) in [5, 5.41) is 0. The van der Waals surface area contributed by atoms with E-state index in [-0.39, 0.29) is 6.10 Å². The first kappa shape index (κ1) is 20.3. The molecule has 0 fully saturated rings. The Bertz CT molecular complexity index is 784. The first-order valence-electron chi connectivity index (χ1n) is 8.67. The molecule has 0 radical (unpaired) electrons. The van der Waals surface area contributed by atoms with Crippen molar-refractivity contribution >= 4 is 10.1 Å². The van der Waals surface area contributed by atoms with Crippen molar-refractivity contribution in [1.29, 1.82) is 0 Å². The quantitative estimate of drug-likeness (QED) is 0.591. The molecule has 0 saturated heterocycles. The fourth-order valence-corrected chi connectivity index (χ4v) is 3.07. The van der Waals surface area contributed by atoms with Gasteiger partial charge in [0.2, 0.25) is 0 Å². The van der Waals surface area contributed by atoms with Crippen LogP contribution in [0.1, 0.15) is 25.0 Å². The lowest BCUT2D eigenvalue weighted by molar-refractivity contribution is 0.0768. The second-order valence-electron chi connectivity index (χ2n) is 6.15. The highest BCUT2D eigenvalue weighted by atomic mass is 32.2.